The second kappa shape index (κ2) is 4.83. The van der Waals surface area contributed by atoms with Crippen LogP contribution in [0.4, 0.5) is 0 Å². The average Bonchev–Trinajstić information content (AvgIpc) is 2.63. The SMILES string of the molecule is CC1c2cc(I)ccc2C(=O)N1C1CCC(=O)NC1=O. The molecule has 2 aliphatic rings. The number of carbonyl (C=O) groups is 3. The number of imide groups is 1. The van der Waals surface area contributed by atoms with Crippen molar-refractivity contribution < 1.29 is 14.4 Å². The van der Waals surface area contributed by atoms with Crippen LogP contribution in [0.1, 0.15) is 41.7 Å². The van der Waals surface area contributed by atoms with Gasteiger partial charge in [0.15, 0.2) is 0 Å². The third-order valence-corrected chi connectivity index (χ3v) is 4.56. The van der Waals surface area contributed by atoms with Crippen molar-refractivity contribution in [1.82, 2.24) is 10.2 Å². The van der Waals surface area contributed by atoms with Gasteiger partial charge in [0.05, 0.1) is 6.04 Å². The molecule has 0 bridgehead atoms. The predicted octanol–water partition coefficient (Wildman–Crippen LogP) is 1.61. The van der Waals surface area contributed by atoms with Gasteiger partial charge in [-0.1, -0.05) is 0 Å². The minimum absolute atomic E-state index is 0.126. The molecule has 1 N–H and O–H groups in total. The zero-order chi connectivity index (χ0) is 14.4. The minimum atomic E-state index is -0.555. The van der Waals surface area contributed by atoms with E-state index in [2.05, 4.69) is 27.9 Å². The van der Waals surface area contributed by atoms with Crippen LogP contribution in [0.3, 0.4) is 0 Å². The summed E-state index contributed by atoms with van der Waals surface area (Å²) in [6.45, 7) is 1.92. The lowest BCUT2D eigenvalue weighted by Gasteiger charge is -2.32. The van der Waals surface area contributed by atoms with E-state index in [4.69, 9.17) is 0 Å². The van der Waals surface area contributed by atoms with E-state index >= 15 is 0 Å². The van der Waals surface area contributed by atoms with Crippen LogP contribution in [-0.2, 0) is 9.59 Å². The molecule has 2 heterocycles. The number of nitrogens with one attached hydrogen (secondary N) is 1. The molecule has 6 heteroatoms. The van der Waals surface area contributed by atoms with Gasteiger partial charge < -0.3 is 4.90 Å². The van der Waals surface area contributed by atoms with Crippen LogP contribution in [0, 0.1) is 3.57 Å². The summed E-state index contributed by atoms with van der Waals surface area (Å²) in [5, 5.41) is 2.31. The van der Waals surface area contributed by atoms with Crippen molar-refractivity contribution in [2.45, 2.75) is 31.8 Å². The number of hydrogen-bond acceptors (Lipinski definition) is 3. The number of amides is 3. The number of fused-ring (bicyclic) bond motifs is 1. The van der Waals surface area contributed by atoms with Gasteiger partial charge in [0, 0.05) is 15.6 Å². The molecule has 2 unspecified atom stereocenters. The molecule has 104 valence electrons. The Bertz CT molecular complexity index is 629. The highest BCUT2D eigenvalue weighted by Gasteiger charge is 2.42. The van der Waals surface area contributed by atoms with Gasteiger partial charge in [-0.2, -0.15) is 0 Å². The molecular formula is C14H13IN2O3. The van der Waals surface area contributed by atoms with Crippen molar-refractivity contribution >= 4 is 40.3 Å². The molecule has 5 nitrogen and oxygen atoms in total. The topological polar surface area (TPSA) is 66.5 Å². The predicted molar refractivity (Wildman–Crippen MR) is 79.9 cm³/mol. The van der Waals surface area contributed by atoms with E-state index in [1.807, 2.05) is 25.1 Å². The summed E-state index contributed by atoms with van der Waals surface area (Å²) in [7, 11) is 0. The van der Waals surface area contributed by atoms with Gasteiger partial charge in [0.1, 0.15) is 6.04 Å². The number of halogens is 1. The quantitative estimate of drug-likeness (QED) is 0.591. The Balaban J connectivity index is 1.95. The smallest absolute Gasteiger partial charge is 0.255 e. The van der Waals surface area contributed by atoms with Crippen LogP contribution in [0.5, 0.6) is 0 Å². The normalized spacial score (nSPS) is 25.7. The molecule has 1 saturated heterocycles. The molecule has 20 heavy (non-hydrogen) atoms. The summed E-state index contributed by atoms with van der Waals surface area (Å²) in [6, 6.07) is 4.97. The molecule has 0 radical (unpaired) electrons. The maximum atomic E-state index is 12.5. The van der Waals surface area contributed by atoms with E-state index < -0.39 is 6.04 Å². The summed E-state index contributed by atoms with van der Waals surface area (Å²) in [5.74, 6) is -0.764. The second-order valence-electron chi connectivity index (χ2n) is 5.09. The van der Waals surface area contributed by atoms with Crippen molar-refractivity contribution in [3.05, 3.63) is 32.9 Å². The fourth-order valence-corrected chi connectivity index (χ4v) is 3.41. The van der Waals surface area contributed by atoms with E-state index in [0.717, 1.165) is 9.13 Å². The van der Waals surface area contributed by atoms with Crippen LogP contribution in [-0.4, -0.2) is 28.7 Å². The third kappa shape index (κ3) is 2.02. The summed E-state index contributed by atoms with van der Waals surface area (Å²) in [5.41, 5.74) is 1.61. The third-order valence-electron chi connectivity index (χ3n) is 3.89. The van der Waals surface area contributed by atoms with Gasteiger partial charge in [-0.15, -0.1) is 0 Å². The highest BCUT2D eigenvalue weighted by Crippen LogP contribution is 2.37. The first-order chi connectivity index (χ1) is 9.49. The molecule has 0 aliphatic carbocycles. The van der Waals surface area contributed by atoms with Crippen molar-refractivity contribution in [2.75, 3.05) is 0 Å². The fraction of sp³-hybridized carbons (Fsp3) is 0.357. The molecule has 1 fully saturated rings. The summed E-state index contributed by atoms with van der Waals surface area (Å²) < 4.78 is 1.06. The van der Waals surface area contributed by atoms with E-state index in [1.54, 1.807) is 4.90 Å². The van der Waals surface area contributed by atoms with Crippen LogP contribution < -0.4 is 5.32 Å². The maximum absolute atomic E-state index is 12.5. The molecule has 0 spiro atoms. The number of hydrogen-bond donors (Lipinski definition) is 1. The molecule has 2 atom stereocenters. The van der Waals surface area contributed by atoms with Gasteiger partial charge in [-0.25, -0.2) is 0 Å². The van der Waals surface area contributed by atoms with Crippen molar-refractivity contribution in [2.24, 2.45) is 0 Å². The van der Waals surface area contributed by atoms with Crippen LogP contribution in [0.15, 0.2) is 18.2 Å². The van der Waals surface area contributed by atoms with Gasteiger partial charge in [-0.05, 0) is 59.7 Å². The standard InChI is InChI=1S/C14H13IN2O3/c1-7-10-6-8(15)2-3-9(10)14(20)17(7)11-4-5-12(18)16-13(11)19/h2-3,6-7,11H,4-5H2,1H3,(H,16,18,19). The molecular weight excluding hydrogens is 371 g/mol. The Morgan fingerprint density at radius 1 is 1.30 bits per heavy atom. The molecule has 1 aromatic carbocycles. The van der Waals surface area contributed by atoms with E-state index in [0.29, 0.717) is 12.0 Å². The van der Waals surface area contributed by atoms with Gasteiger partial charge in [0.25, 0.3) is 5.91 Å². The number of piperidine rings is 1. The summed E-state index contributed by atoms with van der Waals surface area (Å²) in [4.78, 5) is 37.3. The average molecular weight is 384 g/mol. The van der Waals surface area contributed by atoms with Crippen LogP contribution in [0.2, 0.25) is 0 Å². The first-order valence-electron chi connectivity index (χ1n) is 6.45. The first kappa shape index (κ1) is 13.5. The molecule has 3 rings (SSSR count). The number of carbonyl (C=O) groups excluding carboxylic acids is 3. The summed E-state index contributed by atoms with van der Waals surface area (Å²) in [6.07, 6.45) is 0.673. The first-order valence-corrected chi connectivity index (χ1v) is 7.52. The van der Waals surface area contributed by atoms with Gasteiger partial charge >= 0.3 is 0 Å². The minimum Gasteiger partial charge on any atom is -0.320 e. The second-order valence-corrected chi connectivity index (χ2v) is 6.33. The van der Waals surface area contributed by atoms with E-state index in [9.17, 15) is 14.4 Å². The lowest BCUT2D eigenvalue weighted by atomic mass is 10.0. The fourth-order valence-electron chi connectivity index (χ4n) is 2.90. The summed E-state index contributed by atoms with van der Waals surface area (Å²) >= 11 is 2.20. The Morgan fingerprint density at radius 2 is 2.05 bits per heavy atom. The van der Waals surface area contributed by atoms with Crippen LogP contribution in [0.25, 0.3) is 0 Å². The van der Waals surface area contributed by atoms with Crippen molar-refractivity contribution in [3.63, 3.8) is 0 Å². The Morgan fingerprint density at radius 3 is 2.75 bits per heavy atom. The Hall–Kier alpha value is -1.44. The number of benzene rings is 1. The van der Waals surface area contributed by atoms with E-state index in [1.165, 1.54) is 0 Å². The highest BCUT2D eigenvalue weighted by atomic mass is 127. The Kier molecular flexibility index (Phi) is 3.27. The van der Waals surface area contributed by atoms with Gasteiger partial charge in [0.2, 0.25) is 11.8 Å². The molecule has 1 aromatic rings. The largest absolute Gasteiger partial charge is 0.320 e. The lowest BCUT2D eigenvalue weighted by Crippen LogP contribution is -2.53. The van der Waals surface area contributed by atoms with Crippen LogP contribution >= 0.6 is 22.6 Å². The van der Waals surface area contributed by atoms with E-state index in [-0.39, 0.29) is 30.2 Å². The maximum Gasteiger partial charge on any atom is 0.255 e. The monoisotopic (exact) mass is 384 g/mol. The van der Waals surface area contributed by atoms with Gasteiger partial charge in [-0.3, -0.25) is 19.7 Å². The zero-order valence-electron chi connectivity index (χ0n) is 10.9. The molecule has 0 aromatic heterocycles. The molecule has 3 amide bonds. The van der Waals surface area contributed by atoms with Crippen molar-refractivity contribution in [1.29, 1.82) is 0 Å². The number of nitrogens with zero attached hydrogens (tertiary/aromatic N) is 1. The highest BCUT2D eigenvalue weighted by molar-refractivity contribution is 14.1. The van der Waals surface area contributed by atoms with Crippen molar-refractivity contribution in [3.8, 4) is 0 Å². The molecule has 0 saturated carbocycles. The lowest BCUT2D eigenvalue weighted by molar-refractivity contribution is -0.137. The Labute approximate surface area is 129 Å². The molecule has 2 aliphatic heterocycles. The number of rotatable bonds is 1. The zero-order valence-corrected chi connectivity index (χ0v) is 13.0.